The fourth-order valence-corrected chi connectivity index (χ4v) is 1.75. The summed E-state index contributed by atoms with van der Waals surface area (Å²) in [5.74, 6) is 5.43. The van der Waals surface area contributed by atoms with Crippen LogP contribution in [0.5, 0.6) is 11.6 Å². The molecule has 0 spiro atoms. The van der Waals surface area contributed by atoms with Gasteiger partial charge in [0.1, 0.15) is 5.82 Å². The lowest BCUT2D eigenvalue weighted by molar-refractivity contribution is -0.385. The van der Waals surface area contributed by atoms with E-state index in [-0.39, 0.29) is 29.1 Å². The van der Waals surface area contributed by atoms with Crippen molar-refractivity contribution in [1.82, 2.24) is 9.97 Å². The molecule has 0 aliphatic rings. The average molecular weight is 341 g/mol. The number of benzene rings is 1. The normalized spacial score (nSPS) is 10.1. The first-order valence-corrected chi connectivity index (χ1v) is 6.02. The lowest BCUT2D eigenvalue weighted by Gasteiger charge is -2.07. The van der Waals surface area contributed by atoms with Gasteiger partial charge in [0.15, 0.2) is 0 Å². The summed E-state index contributed by atoms with van der Waals surface area (Å²) in [6.45, 7) is 0. The predicted molar refractivity (Wildman–Crippen MR) is 75.1 cm³/mol. The molecule has 5 N–H and O–H groups in total. The molecule has 0 saturated heterocycles. The Labute approximate surface area is 121 Å². The monoisotopic (exact) mass is 340 g/mol. The second-order valence-electron chi connectivity index (χ2n) is 3.57. The van der Waals surface area contributed by atoms with E-state index >= 15 is 0 Å². The highest BCUT2D eigenvalue weighted by atomic mass is 79.9. The van der Waals surface area contributed by atoms with Gasteiger partial charge < -0.3 is 15.9 Å². The van der Waals surface area contributed by atoms with E-state index in [0.29, 0.717) is 4.47 Å². The Morgan fingerprint density at radius 2 is 2.10 bits per heavy atom. The minimum Gasteiger partial charge on any atom is -0.432 e. The van der Waals surface area contributed by atoms with E-state index in [2.05, 4.69) is 31.3 Å². The SMILES string of the molecule is NNc1cc(Oc2ccc(Br)cc2[N+](=O)[O-])nc(N)n1. The standard InChI is InChI=1S/C10H9BrN6O3/c11-5-1-2-7(6(3-5)17(18)19)20-9-4-8(16-13)14-10(12)15-9/h1-4H,13H2,(H3,12,14,15,16). The lowest BCUT2D eigenvalue weighted by Crippen LogP contribution is -2.10. The lowest BCUT2D eigenvalue weighted by atomic mass is 10.3. The molecule has 0 aliphatic carbocycles. The number of halogens is 1. The molecule has 0 radical (unpaired) electrons. The van der Waals surface area contributed by atoms with E-state index in [9.17, 15) is 10.1 Å². The van der Waals surface area contributed by atoms with E-state index < -0.39 is 4.92 Å². The number of aromatic nitrogens is 2. The van der Waals surface area contributed by atoms with Gasteiger partial charge >= 0.3 is 5.69 Å². The zero-order valence-corrected chi connectivity index (χ0v) is 11.5. The number of rotatable bonds is 4. The molecule has 0 amide bonds. The third-order valence-electron chi connectivity index (χ3n) is 2.20. The van der Waals surface area contributed by atoms with Crippen LogP contribution in [0.1, 0.15) is 0 Å². The van der Waals surface area contributed by atoms with Crippen LogP contribution >= 0.6 is 15.9 Å². The molecule has 0 atom stereocenters. The van der Waals surface area contributed by atoms with Gasteiger partial charge in [0.25, 0.3) is 0 Å². The molecule has 0 fully saturated rings. The van der Waals surface area contributed by atoms with Crippen molar-refractivity contribution in [3.63, 3.8) is 0 Å². The van der Waals surface area contributed by atoms with Crippen molar-refractivity contribution in [2.75, 3.05) is 11.2 Å². The molecule has 1 aromatic carbocycles. The first kappa shape index (κ1) is 14.0. The van der Waals surface area contributed by atoms with Gasteiger partial charge in [-0.2, -0.15) is 9.97 Å². The number of hydrazine groups is 1. The molecule has 1 aromatic heterocycles. The predicted octanol–water partition coefficient (Wildman–Crippen LogP) is 1.81. The van der Waals surface area contributed by atoms with Crippen molar-refractivity contribution in [3.05, 3.63) is 38.9 Å². The van der Waals surface area contributed by atoms with E-state index in [1.54, 1.807) is 6.07 Å². The highest BCUT2D eigenvalue weighted by molar-refractivity contribution is 9.10. The number of nitrogens with one attached hydrogen (secondary N) is 1. The number of nitrogen functional groups attached to an aromatic ring is 2. The Kier molecular flexibility index (Phi) is 3.96. The number of ether oxygens (including phenoxy) is 1. The number of hydrogen-bond donors (Lipinski definition) is 3. The third kappa shape index (κ3) is 3.10. The topological polar surface area (TPSA) is 142 Å². The molecule has 10 heteroatoms. The summed E-state index contributed by atoms with van der Waals surface area (Å²) in [6.07, 6.45) is 0. The highest BCUT2D eigenvalue weighted by Gasteiger charge is 2.17. The number of nitrogens with two attached hydrogens (primary N) is 2. The maximum atomic E-state index is 11.0. The summed E-state index contributed by atoms with van der Waals surface area (Å²) in [5.41, 5.74) is 7.55. The number of nitrogens with zero attached hydrogens (tertiary/aromatic N) is 3. The second-order valence-corrected chi connectivity index (χ2v) is 4.48. The van der Waals surface area contributed by atoms with Gasteiger partial charge in [-0.1, -0.05) is 15.9 Å². The van der Waals surface area contributed by atoms with Crippen molar-refractivity contribution >= 4 is 33.4 Å². The molecule has 20 heavy (non-hydrogen) atoms. The first-order chi connectivity index (χ1) is 9.49. The molecule has 2 rings (SSSR count). The van der Waals surface area contributed by atoms with Gasteiger partial charge in [0.2, 0.25) is 17.6 Å². The summed E-state index contributed by atoms with van der Waals surface area (Å²) in [7, 11) is 0. The van der Waals surface area contributed by atoms with Crippen LogP contribution in [0, 0.1) is 10.1 Å². The van der Waals surface area contributed by atoms with Crippen LogP contribution in [0.4, 0.5) is 17.5 Å². The Bertz CT molecular complexity index is 665. The summed E-state index contributed by atoms with van der Waals surface area (Å²) in [4.78, 5) is 18.0. The molecule has 2 aromatic rings. The van der Waals surface area contributed by atoms with Gasteiger partial charge in [-0.05, 0) is 12.1 Å². The molecule has 0 unspecified atom stereocenters. The van der Waals surface area contributed by atoms with Gasteiger partial charge in [0, 0.05) is 16.6 Å². The summed E-state index contributed by atoms with van der Waals surface area (Å²) >= 11 is 3.15. The van der Waals surface area contributed by atoms with Crippen LogP contribution in [0.3, 0.4) is 0 Å². The molecule has 0 bridgehead atoms. The van der Waals surface area contributed by atoms with Gasteiger partial charge in [-0.25, -0.2) is 5.84 Å². The van der Waals surface area contributed by atoms with Crippen LogP contribution in [-0.2, 0) is 0 Å². The van der Waals surface area contributed by atoms with Crippen LogP contribution in [0.2, 0.25) is 0 Å². The number of hydrogen-bond acceptors (Lipinski definition) is 8. The molecular weight excluding hydrogens is 332 g/mol. The van der Waals surface area contributed by atoms with Crippen molar-refractivity contribution < 1.29 is 9.66 Å². The number of anilines is 2. The van der Waals surface area contributed by atoms with Gasteiger partial charge in [0.05, 0.1) is 4.92 Å². The number of nitro benzene ring substituents is 1. The maximum absolute atomic E-state index is 11.0. The second kappa shape index (κ2) is 5.67. The molecule has 0 aliphatic heterocycles. The largest absolute Gasteiger partial charge is 0.432 e. The molecule has 104 valence electrons. The van der Waals surface area contributed by atoms with Gasteiger partial charge in [-0.15, -0.1) is 0 Å². The summed E-state index contributed by atoms with van der Waals surface area (Å²) < 4.78 is 5.92. The minimum absolute atomic E-state index is 0.0271. The average Bonchev–Trinajstić information content (AvgIpc) is 2.40. The van der Waals surface area contributed by atoms with E-state index in [0.717, 1.165) is 0 Å². The molecule has 9 nitrogen and oxygen atoms in total. The quantitative estimate of drug-likeness (QED) is 0.434. The fourth-order valence-electron chi connectivity index (χ4n) is 1.40. The van der Waals surface area contributed by atoms with Crippen molar-refractivity contribution in [1.29, 1.82) is 0 Å². The zero-order valence-electron chi connectivity index (χ0n) is 9.91. The Balaban J connectivity index is 2.39. The minimum atomic E-state index is -0.563. The Morgan fingerprint density at radius 1 is 1.35 bits per heavy atom. The molecule has 1 heterocycles. The van der Waals surface area contributed by atoms with E-state index in [4.69, 9.17) is 16.3 Å². The van der Waals surface area contributed by atoms with Crippen LogP contribution in [-0.4, -0.2) is 14.9 Å². The highest BCUT2D eigenvalue weighted by Crippen LogP contribution is 2.33. The fraction of sp³-hybridized carbons (Fsp3) is 0. The maximum Gasteiger partial charge on any atom is 0.312 e. The molecular formula is C10H9BrN6O3. The van der Waals surface area contributed by atoms with Crippen molar-refractivity contribution in [3.8, 4) is 11.6 Å². The Hall–Kier alpha value is -2.46. The van der Waals surface area contributed by atoms with Gasteiger partial charge in [-0.3, -0.25) is 10.1 Å². The van der Waals surface area contributed by atoms with Crippen molar-refractivity contribution in [2.45, 2.75) is 0 Å². The smallest absolute Gasteiger partial charge is 0.312 e. The van der Waals surface area contributed by atoms with Crippen LogP contribution in [0.15, 0.2) is 28.7 Å². The van der Waals surface area contributed by atoms with Crippen molar-refractivity contribution in [2.24, 2.45) is 5.84 Å². The Morgan fingerprint density at radius 3 is 2.75 bits per heavy atom. The number of nitro groups is 1. The summed E-state index contributed by atoms with van der Waals surface area (Å²) in [5, 5.41) is 11.0. The summed E-state index contributed by atoms with van der Waals surface area (Å²) in [6, 6.07) is 5.73. The third-order valence-corrected chi connectivity index (χ3v) is 2.69. The van der Waals surface area contributed by atoms with E-state index in [1.807, 2.05) is 0 Å². The first-order valence-electron chi connectivity index (χ1n) is 5.22. The molecule has 0 saturated carbocycles. The zero-order chi connectivity index (χ0) is 14.7. The van der Waals surface area contributed by atoms with E-state index in [1.165, 1.54) is 18.2 Å². The van der Waals surface area contributed by atoms with Crippen LogP contribution in [0.25, 0.3) is 0 Å². The van der Waals surface area contributed by atoms with Crippen LogP contribution < -0.4 is 21.7 Å².